The van der Waals surface area contributed by atoms with Crippen LogP contribution in [0, 0.1) is 5.92 Å². The molecule has 0 amide bonds. The van der Waals surface area contributed by atoms with Gasteiger partial charge in [0.1, 0.15) is 7.85 Å². The van der Waals surface area contributed by atoms with Crippen molar-refractivity contribution in [3.05, 3.63) is 35.9 Å². The molecule has 0 aliphatic carbocycles. The van der Waals surface area contributed by atoms with Crippen molar-refractivity contribution in [1.82, 2.24) is 0 Å². The van der Waals surface area contributed by atoms with Crippen molar-refractivity contribution >= 4 is 13.8 Å². The van der Waals surface area contributed by atoms with E-state index in [0.717, 1.165) is 5.57 Å². The Morgan fingerprint density at radius 2 is 2.12 bits per heavy atom. The number of rotatable bonds is 6. The van der Waals surface area contributed by atoms with Gasteiger partial charge in [0.2, 0.25) is 0 Å². The Bertz CT molecular complexity index is 299. The normalized spacial score (nSPS) is 14.4. The van der Waals surface area contributed by atoms with Crippen LogP contribution >= 0.6 is 0 Å². The summed E-state index contributed by atoms with van der Waals surface area (Å²) in [5.74, 6) is -0.262. The zero-order valence-electron chi connectivity index (χ0n) is 10.7. The van der Waals surface area contributed by atoms with E-state index in [1.807, 2.05) is 40.8 Å². The topological polar surface area (TPSA) is 26.3 Å². The van der Waals surface area contributed by atoms with E-state index in [0.29, 0.717) is 13.0 Å². The molecule has 2 nitrogen and oxygen atoms in total. The van der Waals surface area contributed by atoms with Crippen LogP contribution in [0.1, 0.15) is 27.2 Å². The molecule has 0 fully saturated rings. The van der Waals surface area contributed by atoms with E-state index in [9.17, 15) is 4.79 Å². The van der Waals surface area contributed by atoms with Gasteiger partial charge in [-0.1, -0.05) is 38.7 Å². The minimum absolute atomic E-state index is 0.116. The standard InChI is InChI=1S/C13H21BO2/c1-5-12(8-7-11(4)14)9-10(3)13(15)16-6-2/h5,7-8,10H,1,6,9,14H2,2-4H3/b11-7+,12-8+/t10-/m0/s1. The van der Waals surface area contributed by atoms with Crippen LogP contribution in [0.15, 0.2) is 35.9 Å². The average Bonchev–Trinajstić information content (AvgIpc) is 2.23. The van der Waals surface area contributed by atoms with Gasteiger partial charge in [-0.15, -0.1) is 5.47 Å². The Morgan fingerprint density at radius 1 is 1.50 bits per heavy atom. The van der Waals surface area contributed by atoms with E-state index in [1.54, 1.807) is 6.08 Å². The minimum atomic E-state index is -0.146. The molecule has 88 valence electrons. The summed E-state index contributed by atoms with van der Waals surface area (Å²) in [7, 11) is 2.03. The third kappa shape index (κ3) is 6.28. The van der Waals surface area contributed by atoms with Gasteiger partial charge in [0.05, 0.1) is 12.5 Å². The predicted molar refractivity (Wildman–Crippen MR) is 71.0 cm³/mol. The van der Waals surface area contributed by atoms with E-state index in [2.05, 4.69) is 6.58 Å². The Labute approximate surface area is 99.5 Å². The molecule has 0 spiro atoms. The molecule has 1 atom stereocenters. The second-order valence-electron chi connectivity index (χ2n) is 4.05. The number of carbonyl (C=O) groups excluding carboxylic acids is 1. The van der Waals surface area contributed by atoms with Crippen molar-refractivity contribution in [1.29, 1.82) is 0 Å². The molecule has 0 radical (unpaired) electrons. The highest BCUT2D eigenvalue weighted by atomic mass is 16.5. The summed E-state index contributed by atoms with van der Waals surface area (Å²) < 4.78 is 4.96. The summed E-state index contributed by atoms with van der Waals surface area (Å²) in [6.07, 6.45) is 6.48. The largest absolute Gasteiger partial charge is 0.466 e. The van der Waals surface area contributed by atoms with Gasteiger partial charge in [0.25, 0.3) is 0 Å². The number of hydrogen-bond acceptors (Lipinski definition) is 2. The molecule has 0 aliphatic rings. The van der Waals surface area contributed by atoms with Crippen LogP contribution in [0.25, 0.3) is 0 Å². The Kier molecular flexibility index (Phi) is 7.35. The number of allylic oxidation sites excluding steroid dienone is 5. The number of hydrogen-bond donors (Lipinski definition) is 0. The maximum absolute atomic E-state index is 11.4. The predicted octanol–water partition coefficient (Wildman–Crippen LogP) is 2.22. The number of carbonyl (C=O) groups is 1. The molecule has 0 aromatic heterocycles. The molecule has 0 bridgehead atoms. The summed E-state index contributed by atoms with van der Waals surface area (Å²) >= 11 is 0. The first-order valence-corrected chi connectivity index (χ1v) is 5.64. The van der Waals surface area contributed by atoms with Gasteiger partial charge in [-0.05, 0) is 18.9 Å². The summed E-state index contributed by atoms with van der Waals surface area (Å²) in [6, 6.07) is 0. The molecule has 0 aromatic carbocycles. The molecule has 0 rings (SSSR count). The summed E-state index contributed by atoms with van der Waals surface area (Å²) in [4.78, 5) is 11.4. The van der Waals surface area contributed by atoms with Gasteiger partial charge in [0, 0.05) is 0 Å². The van der Waals surface area contributed by atoms with E-state index in [-0.39, 0.29) is 11.9 Å². The van der Waals surface area contributed by atoms with Crippen molar-refractivity contribution in [2.75, 3.05) is 6.61 Å². The lowest BCUT2D eigenvalue weighted by Crippen LogP contribution is -2.14. The zero-order chi connectivity index (χ0) is 12.6. The van der Waals surface area contributed by atoms with Gasteiger partial charge in [-0.2, -0.15) is 0 Å². The molecule has 0 N–H and O–H groups in total. The fourth-order valence-electron chi connectivity index (χ4n) is 1.21. The van der Waals surface area contributed by atoms with E-state index < -0.39 is 0 Å². The average molecular weight is 220 g/mol. The fourth-order valence-corrected chi connectivity index (χ4v) is 1.21. The first-order chi connectivity index (χ1) is 7.51. The van der Waals surface area contributed by atoms with Crippen LogP contribution < -0.4 is 0 Å². The highest BCUT2D eigenvalue weighted by Gasteiger charge is 2.14. The van der Waals surface area contributed by atoms with Crippen LogP contribution in [-0.2, 0) is 9.53 Å². The summed E-state index contributed by atoms with van der Waals surface area (Å²) in [5, 5.41) is 0. The monoisotopic (exact) mass is 220 g/mol. The Morgan fingerprint density at radius 3 is 2.56 bits per heavy atom. The molecular formula is C13H21BO2. The third-order valence-corrected chi connectivity index (χ3v) is 2.12. The highest BCUT2D eigenvalue weighted by molar-refractivity contribution is 6.21. The lowest BCUT2D eigenvalue weighted by molar-refractivity contribution is -0.147. The summed E-state index contributed by atoms with van der Waals surface area (Å²) in [5.41, 5.74) is 2.28. The maximum atomic E-state index is 11.4. The van der Waals surface area contributed by atoms with Crippen molar-refractivity contribution in [2.45, 2.75) is 27.2 Å². The zero-order valence-corrected chi connectivity index (χ0v) is 10.7. The van der Waals surface area contributed by atoms with E-state index >= 15 is 0 Å². The van der Waals surface area contributed by atoms with Gasteiger partial charge >= 0.3 is 5.97 Å². The maximum Gasteiger partial charge on any atom is 0.308 e. The minimum Gasteiger partial charge on any atom is -0.466 e. The number of esters is 1. The van der Waals surface area contributed by atoms with Crippen LogP contribution in [0.3, 0.4) is 0 Å². The van der Waals surface area contributed by atoms with Crippen molar-refractivity contribution in [3.8, 4) is 0 Å². The van der Waals surface area contributed by atoms with Crippen LogP contribution in [0.5, 0.6) is 0 Å². The van der Waals surface area contributed by atoms with Gasteiger partial charge in [-0.3, -0.25) is 4.79 Å². The van der Waals surface area contributed by atoms with Crippen LogP contribution in [0.4, 0.5) is 0 Å². The molecule has 0 unspecified atom stereocenters. The molecule has 0 aromatic rings. The van der Waals surface area contributed by atoms with Crippen molar-refractivity contribution in [2.24, 2.45) is 5.92 Å². The lowest BCUT2D eigenvalue weighted by Gasteiger charge is -2.10. The SMILES string of the molecule is B/C(C)=C/C=C(\C=C)C[C@H](C)C(=O)OCC. The molecule has 0 heterocycles. The molecule has 16 heavy (non-hydrogen) atoms. The summed E-state index contributed by atoms with van der Waals surface area (Å²) in [6.45, 7) is 9.91. The van der Waals surface area contributed by atoms with Gasteiger partial charge in [0.15, 0.2) is 0 Å². The van der Waals surface area contributed by atoms with Crippen LogP contribution in [0.2, 0.25) is 0 Å². The quantitative estimate of drug-likeness (QED) is 0.389. The molecular weight excluding hydrogens is 199 g/mol. The molecule has 3 heteroatoms. The van der Waals surface area contributed by atoms with Gasteiger partial charge in [-0.25, -0.2) is 0 Å². The Hall–Kier alpha value is -1.25. The van der Waals surface area contributed by atoms with Crippen molar-refractivity contribution in [3.63, 3.8) is 0 Å². The number of ether oxygens (including phenoxy) is 1. The second-order valence-corrected chi connectivity index (χ2v) is 4.05. The molecule has 0 saturated heterocycles. The first kappa shape index (κ1) is 14.8. The molecule has 0 aliphatic heterocycles. The highest BCUT2D eigenvalue weighted by Crippen LogP contribution is 2.14. The van der Waals surface area contributed by atoms with E-state index in [1.165, 1.54) is 5.47 Å². The molecule has 0 saturated carbocycles. The smallest absolute Gasteiger partial charge is 0.308 e. The van der Waals surface area contributed by atoms with E-state index in [4.69, 9.17) is 4.74 Å². The fraction of sp³-hybridized carbons (Fsp3) is 0.462. The Balaban J connectivity index is 4.43. The lowest BCUT2D eigenvalue weighted by atomic mass is 9.95. The van der Waals surface area contributed by atoms with Crippen molar-refractivity contribution < 1.29 is 9.53 Å². The van der Waals surface area contributed by atoms with Gasteiger partial charge < -0.3 is 4.74 Å². The van der Waals surface area contributed by atoms with Crippen LogP contribution in [-0.4, -0.2) is 20.4 Å². The first-order valence-electron chi connectivity index (χ1n) is 5.64. The third-order valence-electron chi connectivity index (χ3n) is 2.12. The second kappa shape index (κ2) is 7.97.